The fourth-order valence-corrected chi connectivity index (χ4v) is 3.12. The van der Waals surface area contributed by atoms with Crippen LogP contribution in [0.25, 0.3) is 22.3 Å². The maximum atomic E-state index is 10.2. The van der Waals surface area contributed by atoms with Gasteiger partial charge >= 0.3 is 0 Å². The minimum absolute atomic E-state index is 0.0184. The lowest BCUT2D eigenvalue weighted by Crippen LogP contribution is -1.99. The summed E-state index contributed by atoms with van der Waals surface area (Å²) in [5.41, 5.74) is 4.97. The quantitative estimate of drug-likeness (QED) is 0.357. The van der Waals surface area contributed by atoms with Crippen LogP contribution < -0.4 is 10.2 Å². The minimum atomic E-state index is 0.0184. The number of anilines is 1. The minimum Gasteiger partial charge on any atom is -0.504 e. The molecule has 0 atom stereocenters. The molecule has 0 aliphatic rings. The van der Waals surface area contributed by atoms with Crippen LogP contribution in [-0.2, 0) is 0 Å². The average molecular weight is 405 g/mol. The number of methoxy groups -OCH3 is 1. The van der Waals surface area contributed by atoms with E-state index in [4.69, 9.17) is 16.3 Å². The summed E-state index contributed by atoms with van der Waals surface area (Å²) in [6, 6.07) is 20.2. The summed E-state index contributed by atoms with van der Waals surface area (Å²) in [4.78, 5) is 9.24. The Bertz CT molecular complexity index is 1210. The van der Waals surface area contributed by atoms with E-state index in [1.54, 1.807) is 24.3 Å². The summed E-state index contributed by atoms with van der Waals surface area (Å²) in [6.45, 7) is 0. The summed E-state index contributed by atoms with van der Waals surface area (Å²) in [6.07, 6.45) is 1.50. The second-order valence-corrected chi connectivity index (χ2v) is 6.57. The molecule has 0 aliphatic heterocycles. The standard InChI is InChI=1S/C22H17ClN4O2/c1-29-19-12-6-7-14(20(19)28)13-24-27-22-16-9-3-5-11-18(16)25-21(26-22)15-8-2-4-10-17(15)23/h2-13,28H,1H3,(H,25,26,27)/b24-13-. The Morgan fingerprint density at radius 1 is 1.00 bits per heavy atom. The molecule has 29 heavy (non-hydrogen) atoms. The predicted molar refractivity (Wildman–Crippen MR) is 116 cm³/mol. The number of phenolic OH excluding ortho intramolecular Hbond substituents is 1. The average Bonchev–Trinajstić information content (AvgIpc) is 2.75. The number of hydrogen-bond acceptors (Lipinski definition) is 6. The molecule has 144 valence electrons. The summed E-state index contributed by atoms with van der Waals surface area (Å²) in [5.74, 6) is 1.42. The number of benzene rings is 3. The molecule has 6 nitrogen and oxygen atoms in total. The highest BCUT2D eigenvalue weighted by Crippen LogP contribution is 2.30. The topological polar surface area (TPSA) is 79.6 Å². The van der Waals surface area contributed by atoms with Crippen LogP contribution in [-0.4, -0.2) is 28.4 Å². The molecule has 7 heteroatoms. The first-order valence-corrected chi connectivity index (χ1v) is 9.22. The third-order valence-electron chi connectivity index (χ3n) is 4.34. The van der Waals surface area contributed by atoms with Gasteiger partial charge in [0.05, 0.1) is 23.9 Å². The Balaban J connectivity index is 1.73. The number of nitrogens with one attached hydrogen (secondary N) is 1. The van der Waals surface area contributed by atoms with Crippen LogP contribution in [0.1, 0.15) is 5.56 Å². The van der Waals surface area contributed by atoms with Crippen molar-refractivity contribution < 1.29 is 9.84 Å². The van der Waals surface area contributed by atoms with Crippen molar-refractivity contribution in [2.45, 2.75) is 0 Å². The molecule has 4 aromatic rings. The van der Waals surface area contributed by atoms with E-state index in [-0.39, 0.29) is 5.75 Å². The number of nitrogens with zero attached hydrogens (tertiary/aromatic N) is 3. The van der Waals surface area contributed by atoms with Gasteiger partial charge < -0.3 is 9.84 Å². The zero-order valence-corrected chi connectivity index (χ0v) is 16.3. The molecular weight excluding hydrogens is 388 g/mol. The van der Waals surface area contributed by atoms with Gasteiger partial charge in [-0.3, -0.25) is 5.43 Å². The van der Waals surface area contributed by atoms with E-state index >= 15 is 0 Å². The SMILES string of the molecule is COc1cccc(/C=N\Nc2nc(-c3ccccc3Cl)nc3ccccc23)c1O. The summed E-state index contributed by atoms with van der Waals surface area (Å²) in [5, 5.41) is 15.8. The number of halogens is 1. The number of fused-ring (bicyclic) bond motifs is 1. The van der Waals surface area contributed by atoms with E-state index < -0.39 is 0 Å². The first-order chi connectivity index (χ1) is 14.2. The van der Waals surface area contributed by atoms with Gasteiger partial charge in [0, 0.05) is 16.5 Å². The number of rotatable bonds is 5. The number of ether oxygens (including phenoxy) is 1. The molecule has 0 bridgehead atoms. The Hall–Kier alpha value is -3.64. The lowest BCUT2D eigenvalue weighted by atomic mass is 10.2. The van der Waals surface area contributed by atoms with Gasteiger partial charge in [-0.2, -0.15) is 5.10 Å². The zero-order chi connectivity index (χ0) is 20.2. The Kier molecular flexibility index (Phi) is 5.27. The summed E-state index contributed by atoms with van der Waals surface area (Å²) >= 11 is 6.32. The fourth-order valence-electron chi connectivity index (χ4n) is 2.90. The van der Waals surface area contributed by atoms with Crippen molar-refractivity contribution in [1.29, 1.82) is 0 Å². The molecule has 0 saturated carbocycles. The molecule has 1 heterocycles. The van der Waals surface area contributed by atoms with Crippen LogP contribution in [0.2, 0.25) is 5.02 Å². The molecular formula is C22H17ClN4O2. The molecule has 0 aliphatic carbocycles. The molecule has 2 N–H and O–H groups in total. The lowest BCUT2D eigenvalue weighted by molar-refractivity contribution is 0.373. The van der Waals surface area contributed by atoms with Crippen LogP contribution in [0.4, 0.5) is 5.82 Å². The van der Waals surface area contributed by atoms with E-state index in [0.717, 1.165) is 16.5 Å². The van der Waals surface area contributed by atoms with Gasteiger partial charge in [0.1, 0.15) is 0 Å². The van der Waals surface area contributed by atoms with E-state index in [2.05, 4.69) is 20.5 Å². The molecule has 0 radical (unpaired) electrons. The second-order valence-electron chi connectivity index (χ2n) is 6.16. The zero-order valence-electron chi connectivity index (χ0n) is 15.5. The molecule has 0 saturated heterocycles. The maximum absolute atomic E-state index is 10.2. The van der Waals surface area contributed by atoms with Crippen molar-refractivity contribution in [3.05, 3.63) is 77.3 Å². The number of aromatic nitrogens is 2. The molecule has 4 rings (SSSR count). The highest BCUT2D eigenvalue weighted by atomic mass is 35.5. The molecule has 0 amide bonds. The van der Waals surface area contributed by atoms with Crippen molar-refractivity contribution >= 4 is 34.5 Å². The third kappa shape index (κ3) is 3.83. The van der Waals surface area contributed by atoms with Gasteiger partial charge in [-0.1, -0.05) is 41.9 Å². The Labute approximate surface area is 172 Å². The lowest BCUT2D eigenvalue weighted by Gasteiger charge is -2.09. The summed E-state index contributed by atoms with van der Waals surface area (Å²) < 4.78 is 5.12. The number of hydrazone groups is 1. The second kappa shape index (κ2) is 8.16. The van der Waals surface area contributed by atoms with Crippen molar-refractivity contribution in [3.63, 3.8) is 0 Å². The van der Waals surface area contributed by atoms with E-state index in [0.29, 0.717) is 28.0 Å². The monoisotopic (exact) mass is 404 g/mol. The van der Waals surface area contributed by atoms with Gasteiger partial charge in [0.2, 0.25) is 0 Å². The van der Waals surface area contributed by atoms with Crippen molar-refractivity contribution in [2.24, 2.45) is 5.10 Å². The number of aromatic hydroxyl groups is 1. The highest BCUT2D eigenvalue weighted by molar-refractivity contribution is 6.33. The maximum Gasteiger partial charge on any atom is 0.166 e. The van der Waals surface area contributed by atoms with Crippen LogP contribution in [0.15, 0.2) is 71.8 Å². The Morgan fingerprint density at radius 2 is 1.79 bits per heavy atom. The largest absolute Gasteiger partial charge is 0.504 e. The van der Waals surface area contributed by atoms with Crippen molar-refractivity contribution in [1.82, 2.24) is 9.97 Å². The number of phenols is 1. The predicted octanol–water partition coefficient (Wildman–Crippen LogP) is 5.11. The smallest absolute Gasteiger partial charge is 0.166 e. The molecule has 0 fully saturated rings. The Morgan fingerprint density at radius 3 is 2.62 bits per heavy atom. The van der Waals surface area contributed by atoms with E-state index in [1.807, 2.05) is 42.5 Å². The number of para-hydroxylation sites is 2. The first-order valence-electron chi connectivity index (χ1n) is 8.84. The molecule has 1 aromatic heterocycles. The van der Waals surface area contributed by atoms with Gasteiger partial charge in [0.25, 0.3) is 0 Å². The molecule has 0 unspecified atom stereocenters. The van der Waals surface area contributed by atoms with Crippen LogP contribution in [0.3, 0.4) is 0 Å². The first kappa shape index (κ1) is 18.7. The van der Waals surface area contributed by atoms with Gasteiger partial charge in [-0.25, -0.2) is 9.97 Å². The molecule has 3 aromatic carbocycles. The van der Waals surface area contributed by atoms with Crippen LogP contribution in [0, 0.1) is 0 Å². The van der Waals surface area contributed by atoms with Crippen LogP contribution in [0.5, 0.6) is 11.5 Å². The number of hydrogen-bond donors (Lipinski definition) is 2. The van der Waals surface area contributed by atoms with Crippen molar-refractivity contribution in [3.8, 4) is 22.9 Å². The highest BCUT2D eigenvalue weighted by Gasteiger charge is 2.11. The van der Waals surface area contributed by atoms with E-state index in [1.165, 1.54) is 13.3 Å². The van der Waals surface area contributed by atoms with Gasteiger partial charge in [-0.15, -0.1) is 0 Å². The summed E-state index contributed by atoms with van der Waals surface area (Å²) in [7, 11) is 1.50. The normalized spacial score (nSPS) is 11.1. The van der Waals surface area contributed by atoms with Crippen LogP contribution >= 0.6 is 11.6 Å². The van der Waals surface area contributed by atoms with Gasteiger partial charge in [0.15, 0.2) is 23.1 Å². The molecule has 0 spiro atoms. The third-order valence-corrected chi connectivity index (χ3v) is 4.67. The van der Waals surface area contributed by atoms with E-state index in [9.17, 15) is 5.11 Å². The van der Waals surface area contributed by atoms with Crippen molar-refractivity contribution in [2.75, 3.05) is 12.5 Å². The fraction of sp³-hybridized carbons (Fsp3) is 0.0455. The van der Waals surface area contributed by atoms with Gasteiger partial charge in [-0.05, 0) is 36.4 Å².